The quantitative estimate of drug-likeness (QED) is 0.874. The molecule has 1 amide bonds. The summed E-state index contributed by atoms with van der Waals surface area (Å²) in [5, 5.41) is 12.7. The van der Waals surface area contributed by atoms with Crippen molar-refractivity contribution < 1.29 is 9.90 Å². The van der Waals surface area contributed by atoms with Gasteiger partial charge in [-0.05, 0) is 52.7 Å². The van der Waals surface area contributed by atoms with Gasteiger partial charge in [-0.2, -0.15) is 0 Å². The van der Waals surface area contributed by atoms with Gasteiger partial charge in [-0.25, -0.2) is 4.98 Å². The van der Waals surface area contributed by atoms with E-state index in [0.29, 0.717) is 10.8 Å². The fourth-order valence-electron chi connectivity index (χ4n) is 1.54. The van der Waals surface area contributed by atoms with Crippen molar-refractivity contribution in [3.63, 3.8) is 0 Å². The van der Waals surface area contributed by atoms with E-state index in [-0.39, 0.29) is 11.3 Å². The molecule has 0 unspecified atom stereocenters. The van der Waals surface area contributed by atoms with Crippen LogP contribution in [-0.2, 0) is 0 Å². The van der Waals surface area contributed by atoms with E-state index in [1.807, 2.05) is 13.0 Å². The topological polar surface area (TPSA) is 62.2 Å². The molecule has 98 valence electrons. The summed E-state index contributed by atoms with van der Waals surface area (Å²) < 4.78 is 0.827. The number of benzene rings is 1. The van der Waals surface area contributed by atoms with Crippen LogP contribution >= 0.6 is 27.5 Å². The van der Waals surface area contributed by atoms with Gasteiger partial charge in [0, 0.05) is 15.7 Å². The van der Waals surface area contributed by atoms with Crippen molar-refractivity contribution in [3.8, 4) is 5.75 Å². The molecule has 1 heterocycles. The van der Waals surface area contributed by atoms with Gasteiger partial charge in [0.05, 0.1) is 5.56 Å². The maximum absolute atomic E-state index is 12.0. The summed E-state index contributed by atoms with van der Waals surface area (Å²) in [6.45, 7) is 1.82. The molecule has 0 atom stereocenters. The van der Waals surface area contributed by atoms with Crippen LogP contribution in [0, 0.1) is 6.92 Å². The Bertz CT molecular complexity index is 647. The highest BCUT2D eigenvalue weighted by Crippen LogP contribution is 2.23. The van der Waals surface area contributed by atoms with Crippen LogP contribution in [0.1, 0.15) is 15.9 Å². The Labute approximate surface area is 123 Å². The molecule has 2 N–H and O–H groups in total. The van der Waals surface area contributed by atoms with E-state index in [1.165, 1.54) is 18.2 Å². The van der Waals surface area contributed by atoms with Crippen molar-refractivity contribution in [2.24, 2.45) is 0 Å². The zero-order chi connectivity index (χ0) is 14.0. The van der Waals surface area contributed by atoms with Crippen LogP contribution in [-0.4, -0.2) is 16.0 Å². The third-order valence-corrected chi connectivity index (χ3v) is 3.15. The predicted octanol–water partition coefficient (Wildman–Crippen LogP) is 3.76. The molecule has 0 bridgehead atoms. The summed E-state index contributed by atoms with van der Waals surface area (Å²) >= 11 is 9.10. The lowest BCUT2D eigenvalue weighted by molar-refractivity contribution is 0.102. The molecule has 0 saturated heterocycles. The van der Waals surface area contributed by atoms with Crippen LogP contribution in [0.15, 0.2) is 34.9 Å². The van der Waals surface area contributed by atoms with Crippen molar-refractivity contribution in [2.75, 3.05) is 5.32 Å². The third-order valence-electron chi connectivity index (χ3n) is 2.48. The maximum atomic E-state index is 12.0. The molecule has 0 fully saturated rings. The number of carbonyl (C=O) groups excluding carboxylic acids is 1. The van der Waals surface area contributed by atoms with Gasteiger partial charge in [0.15, 0.2) is 0 Å². The SMILES string of the molecule is Cc1cc(Br)cnc1NC(=O)c1cc(Cl)ccc1O. The van der Waals surface area contributed by atoms with Crippen molar-refractivity contribution in [1.82, 2.24) is 4.98 Å². The Morgan fingerprint density at radius 3 is 2.84 bits per heavy atom. The number of anilines is 1. The molecule has 19 heavy (non-hydrogen) atoms. The highest BCUT2D eigenvalue weighted by atomic mass is 79.9. The summed E-state index contributed by atoms with van der Waals surface area (Å²) in [6, 6.07) is 6.12. The minimum Gasteiger partial charge on any atom is -0.507 e. The lowest BCUT2D eigenvalue weighted by atomic mass is 10.2. The Morgan fingerprint density at radius 2 is 2.16 bits per heavy atom. The molecule has 0 saturated carbocycles. The number of halogens is 2. The van der Waals surface area contributed by atoms with Crippen molar-refractivity contribution in [1.29, 1.82) is 0 Å². The summed E-state index contributed by atoms with van der Waals surface area (Å²) in [5.41, 5.74) is 0.917. The van der Waals surface area contributed by atoms with E-state index < -0.39 is 5.91 Å². The third kappa shape index (κ3) is 3.24. The van der Waals surface area contributed by atoms with E-state index in [0.717, 1.165) is 10.0 Å². The number of phenolic OH excluding ortho intramolecular Hbond substituents is 1. The van der Waals surface area contributed by atoms with Gasteiger partial charge in [0.2, 0.25) is 0 Å². The van der Waals surface area contributed by atoms with Gasteiger partial charge >= 0.3 is 0 Å². The van der Waals surface area contributed by atoms with Crippen LogP contribution in [0.3, 0.4) is 0 Å². The van der Waals surface area contributed by atoms with E-state index in [1.54, 1.807) is 6.20 Å². The summed E-state index contributed by atoms with van der Waals surface area (Å²) in [6.07, 6.45) is 1.58. The van der Waals surface area contributed by atoms with Crippen molar-refractivity contribution in [3.05, 3.63) is 51.1 Å². The van der Waals surface area contributed by atoms with Crippen LogP contribution in [0.25, 0.3) is 0 Å². The number of aromatic hydroxyl groups is 1. The van der Waals surface area contributed by atoms with Gasteiger partial charge < -0.3 is 10.4 Å². The number of aromatic nitrogens is 1. The number of hydrogen-bond acceptors (Lipinski definition) is 3. The lowest BCUT2D eigenvalue weighted by Gasteiger charge is -2.09. The van der Waals surface area contributed by atoms with Gasteiger partial charge in [0.1, 0.15) is 11.6 Å². The normalized spacial score (nSPS) is 10.3. The van der Waals surface area contributed by atoms with Crippen LogP contribution in [0.2, 0.25) is 5.02 Å². The average Bonchev–Trinajstić information content (AvgIpc) is 2.35. The Kier molecular flexibility index (Phi) is 4.07. The number of carbonyl (C=O) groups is 1. The van der Waals surface area contributed by atoms with Gasteiger partial charge in [0.25, 0.3) is 5.91 Å². The van der Waals surface area contributed by atoms with Crippen LogP contribution in [0.4, 0.5) is 5.82 Å². The van der Waals surface area contributed by atoms with E-state index in [9.17, 15) is 9.90 Å². The molecule has 0 aliphatic rings. The molecule has 0 aliphatic carbocycles. The molecule has 0 aliphatic heterocycles. The number of nitrogens with zero attached hydrogens (tertiary/aromatic N) is 1. The van der Waals surface area contributed by atoms with Gasteiger partial charge in [-0.1, -0.05) is 11.6 Å². The van der Waals surface area contributed by atoms with E-state index >= 15 is 0 Å². The van der Waals surface area contributed by atoms with E-state index in [2.05, 4.69) is 26.2 Å². The molecule has 1 aromatic heterocycles. The number of aryl methyl sites for hydroxylation is 1. The fraction of sp³-hybridized carbons (Fsp3) is 0.0769. The maximum Gasteiger partial charge on any atom is 0.260 e. The summed E-state index contributed by atoms with van der Waals surface area (Å²) in [7, 11) is 0. The first-order chi connectivity index (χ1) is 8.97. The molecule has 6 heteroatoms. The molecule has 0 radical (unpaired) electrons. The monoisotopic (exact) mass is 340 g/mol. The Hall–Kier alpha value is -1.59. The zero-order valence-corrected chi connectivity index (χ0v) is 12.3. The smallest absolute Gasteiger partial charge is 0.260 e. The van der Waals surface area contributed by atoms with Gasteiger partial charge in [-0.3, -0.25) is 4.79 Å². The Balaban J connectivity index is 2.28. The predicted molar refractivity (Wildman–Crippen MR) is 77.7 cm³/mol. The first kappa shape index (κ1) is 13.8. The number of amides is 1. The molecule has 0 spiro atoms. The highest BCUT2D eigenvalue weighted by Gasteiger charge is 2.13. The molecule has 2 aromatic rings. The van der Waals surface area contributed by atoms with Crippen molar-refractivity contribution in [2.45, 2.75) is 6.92 Å². The van der Waals surface area contributed by atoms with Crippen LogP contribution in [0.5, 0.6) is 5.75 Å². The summed E-state index contributed by atoms with van der Waals surface area (Å²) in [5.74, 6) is -0.151. The number of rotatable bonds is 2. The van der Waals surface area contributed by atoms with Gasteiger partial charge in [-0.15, -0.1) is 0 Å². The molecular weight excluding hydrogens is 332 g/mol. The zero-order valence-electron chi connectivity index (χ0n) is 9.95. The number of pyridine rings is 1. The Morgan fingerprint density at radius 1 is 1.42 bits per heavy atom. The molecule has 2 rings (SSSR count). The first-order valence-electron chi connectivity index (χ1n) is 5.39. The molecule has 1 aromatic carbocycles. The summed E-state index contributed by atoms with van der Waals surface area (Å²) in [4.78, 5) is 16.1. The fourth-order valence-corrected chi connectivity index (χ4v) is 2.15. The lowest BCUT2D eigenvalue weighted by Crippen LogP contribution is -2.14. The largest absolute Gasteiger partial charge is 0.507 e. The minimum absolute atomic E-state index is 0.108. The number of hydrogen-bond donors (Lipinski definition) is 2. The average molecular weight is 342 g/mol. The minimum atomic E-state index is -0.460. The first-order valence-corrected chi connectivity index (χ1v) is 6.56. The second kappa shape index (κ2) is 5.59. The second-order valence-corrected chi connectivity index (χ2v) is 5.29. The standard InChI is InChI=1S/C13H10BrClN2O2/c1-7-4-8(14)6-16-12(7)17-13(19)10-5-9(15)2-3-11(10)18/h2-6,18H,1H3,(H,16,17,19). The number of phenols is 1. The molecule has 4 nitrogen and oxygen atoms in total. The number of nitrogens with one attached hydrogen (secondary N) is 1. The van der Waals surface area contributed by atoms with Crippen LogP contribution < -0.4 is 5.32 Å². The second-order valence-electron chi connectivity index (χ2n) is 3.93. The molecular formula is C13H10BrClN2O2. The highest BCUT2D eigenvalue weighted by molar-refractivity contribution is 9.10. The van der Waals surface area contributed by atoms with E-state index in [4.69, 9.17) is 11.6 Å². The van der Waals surface area contributed by atoms with Crippen molar-refractivity contribution >= 4 is 39.3 Å².